The number of carbonyl (C=O) groups is 1. The van der Waals surface area contributed by atoms with Gasteiger partial charge in [-0.2, -0.15) is 0 Å². The highest BCUT2D eigenvalue weighted by Crippen LogP contribution is 2.28. The van der Waals surface area contributed by atoms with Crippen molar-refractivity contribution in [2.45, 2.75) is 13.5 Å². The molecule has 0 radical (unpaired) electrons. The summed E-state index contributed by atoms with van der Waals surface area (Å²) >= 11 is 15.5. The number of ether oxygens (including phenoxy) is 1. The van der Waals surface area contributed by atoms with Crippen molar-refractivity contribution in [1.82, 2.24) is 0 Å². The summed E-state index contributed by atoms with van der Waals surface area (Å²) in [6.07, 6.45) is 0. The van der Waals surface area contributed by atoms with E-state index in [1.807, 2.05) is 43.3 Å². The van der Waals surface area contributed by atoms with Gasteiger partial charge in [0.05, 0.1) is 4.47 Å². The molecule has 0 saturated carbocycles. The Hall–Kier alpha value is -2.21. The molecule has 1 amide bonds. The number of hydrogen-bond acceptors (Lipinski definition) is 3. The molecule has 150 valence electrons. The smallest absolute Gasteiger partial charge is 0.262 e. The van der Waals surface area contributed by atoms with Crippen LogP contribution in [0.2, 0.25) is 10.0 Å². The van der Waals surface area contributed by atoms with Gasteiger partial charge in [-0.05, 0) is 82.5 Å². The van der Waals surface area contributed by atoms with E-state index >= 15 is 0 Å². The molecule has 0 fully saturated rings. The van der Waals surface area contributed by atoms with E-state index in [9.17, 15) is 4.79 Å². The van der Waals surface area contributed by atoms with Gasteiger partial charge in [-0.25, -0.2) is 0 Å². The van der Waals surface area contributed by atoms with Crippen molar-refractivity contribution in [3.63, 3.8) is 0 Å². The molecule has 0 atom stereocenters. The van der Waals surface area contributed by atoms with Gasteiger partial charge in [0.2, 0.25) is 0 Å². The van der Waals surface area contributed by atoms with Gasteiger partial charge in [0, 0.05) is 28.0 Å². The first-order valence-electron chi connectivity index (χ1n) is 8.88. The van der Waals surface area contributed by atoms with Crippen LogP contribution in [0.5, 0.6) is 5.75 Å². The number of anilines is 2. The highest BCUT2D eigenvalue weighted by molar-refractivity contribution is 9.10. The molecule has 7 heteroatoms. The van der Waals surface area contributed by atoms with E-state index in [4.69, 9.17) is 27.9 Å². The van der Waals surface area contributed by atoms with Gasteiger partial charge in [-0.3, -0.25) is 4.79 Å². The van der Waals surface area contributed by atoms with Crippen LogP contribution in [-0.4, -0.2) is 12.5 Å². The summed E-state index contributed by atoms with van der Waals surface area (Å²) in [7, 11) is 0. The Morgan fingerprint density at radius 2 is 1.83 bits per heavy atom. The average molecular weight is 494 g/mol. The SMILES string of the molecule is Cc1c(Cl)cccc1NCc1ccc(OCC(=O)Nc2ccc(Cl)cc2)c(Br)c1. The Balaban J connectivity index is 1.54. The fraction of sp³-hybridized carbons (Fsp3) is 0.136. The lowest BCUT2D eigenvalue weighted by Crippen LogP contribution is -2.20. The molecule has 2 N–H and O–H groups in total. The van der Waals surface area contributed by atoms with E-state index in [2.05, 4.69) is 26.6 Å². The summed E-state index contributed by atoms with van der Waals surface area (Å²) in [4.78, 5) is 12.1. The fourth-order valence-corrected chi connectivity index (χ4v) is 3.48. The number of nitrogens with one attached hydrogen (secondary N) is 2. The Labute approximate surface area is 188 Å². The summed E-state index contributed by atoms with van der Waals surface area (Å²) in [5, 5.41) is 7.49. The third-order valence-corrected chi connectivity index (χ3v) is 5.51. The number of amides is 1. The minimum atomic E-state index is -0.249. The first-order valence-corrected chi connectivity index (χ1v) is 10.4. The predicted molar refractivity (Wildman–Crippen MR) is 123 cm³/mol. The van der Waals surface area contributed by atoms with Crippen molar-refractivity contribution in [1.29, 1.82) is 0 Å². The second kappa shape index (κ2) is 10.0. The van der Waals surface area contributed by atoms with Crippen molar-refractivity contribution in [3.05, 3.63) is 86.3 Å². The van der Waals surface area contributed by atoms with E-state index in [0.717, 1.165) is 26.3 Å². The monoisotopic (exact) mass is 492 g/mol. The lowest BCUT2D eigenvalue weighted by atomic mass is 10.1. The number of hydrogen-bond donors (Lipinski definition) is 2. The van der Waals surface area contributed by atoms with Crippen LogP contribution < -0.4 is 15.4 Å². The summed E-state index contributed by atoms with van der Waals surface area (Å²) < 4.78 is 6.40. The van der Waals surface area contributed by atoms with Crippen LogP contribution in [0.25, 0.3) is 0 Å². The molecule has 0 aliphatic rings. The zero-order chi connectivity index (χ0) is 20.8. The predicted octanol–water partition coefficient (Wildman–Crippen LogP) is 6.69. The maximum Gasteiger partial charge on any atom is 0.262 e. The standard InChI is InChI=1S/C22H19BrCl2N2O2/c1-14-19(25)3-2-4-20(14)26-12-15-5-10-21(18(23)11-15)29-13-22(28)27-17-8-6-16(24)7-9-17/h2-11,26H,12-13H2,1H3,(H,27,28). The van der Waals surface area contributed by atoms with Crippen molar-refractivity contribution in [3.8, 4) is 5.75 Å². The molecule has 29 heavy (non-hydrogen) atoms. The molecule has 3 aromatic rings. The highest BCUT2D eigenvalue weighted by atomic mass is 79.9. The van der Waals surface area contributed by atoms with Crippen molar-refractivity contribution in [2.24, 2.45) is 0 Å². The zero-order valence-electron chi connectivity index (χ0n) is 15.6. The van der Waals surface area contributed by atoms with Crippen molar-refractivity contribution in [2.75, 3.05) is 17.2 Å². The average Bonchev–Trinajstić information content (AvgIpc) is 2.70. The maximum atomic E-state index is 12.1. The summed E-state index contributed by atoms with van der Waals surface area (Å²) in [5.74, 6) is 0.348. The topological polar surface area (TPSA) is 50.4 Å². The highest BCUT2D eigenvalue weighted by Gasteiger charge is 2.08. The van der Waals surface area contributed by atoms with E-state index < -0.39 is 0 Å². The Kier molecular flexibility index (Phi) is 7.42. The van der Waals surface area contributed by atoms with Crippen LogP contribution in [0.4, 0.5) is 11.4 Å². The minimum Gasteiger partial charge on any atom is -0.483 e. The van der Waals surface area contributed by atoms with Crippen molar-refractivity contribution < 1.29 is 9.53 Å². The molecule has 0 heterocycles. The lowest BCUT2D eigenvalue weighted by molar-refractivity contribution is -0.118. The maximum absolute atomic E-state index is 12.1. The summed E-state index contributed by atoms with van der Waals surface area (Å²) in [6.45, 7) is 2.52. The number of carbonyl (C=O) groups excluding carboxylic acids is 1. The van der Waals surface area contributed by atoms with Crippen LogP contribution in [0, 0.1) is 6.92 Å². The molecule has 0 aliphatic carbocycles. The molecule has 4 nitrogen and oxygen atoms in total. The fourth-order valence-electron chi connectivity index (χ4n) is 2.64. The van der Waals surface area contributed by atoms with Crippen LogP contribution in [0.15, 0.2) is 65.1 Å². The number of rotatable bonds is 7. The first-order chi connectivity index (χ1) is 13.9. The molecule has 0 unspecified atom stereocenters. The first kappa shape index (κ1) is 21.5. The normalized spacial score (nSPS) is 10.5. The van der Waals surface area contributed by atoms with Crippen molar-refractivity contribution >= 4 is 56.4 Å². The van der Waals surface area contributed by atoms with Crippen LogP contribution in [0.1, 0.15) is 11.1 Å². The van der Waals surface area contributed by atoms with Gasteiger partial charge in [-0.15, -0.1) is 0 Å². The van der Waals surface area contributed by atoms with E-state index in [0.29, 0.717) is 23.0 Å². The summed E-state index contributed by atoms with van der Waals surface area (Å²) in [5.41, 5.74) is 3.74. The molecule has 0 aromatic heterocycles. The van der Waals surface area contributed by atoms with E-state index in [1.165, 1.54) is 0 Å². The zero-order valence-corrected chi connectivity index (χ0v) is 18.7. The third kappa shape index (κ3) is 6.13. The van der Waals surface area contributed by atoms with Gasteiger partial charge < -0.3 is 15.4 Å². The van der Waals surface area contributed by atoms with E-state index in [1.54, 1.807) is 24.3 Å². The van der Waals surface area contributed by atoms with Gasteiger partial charge >= 0.3 is 0 Å². The molecule has 0 saturated heterocycles. The number of halogens is 3. The van der Waals surface area contributed by atoms with Crippen LogP contribution in [0.3, 0.4) is 0 Å². The van der Waals surface area contributed by atoms with Gasteiger partial charge in [0.15, 0.2) is 6.61 Å². The molecular formula is C22H19BrCl2N2O2. The minimum absolute atomic E-state index is 0.0967. The lowest BCUT2D eigenvalue weighted by Gasteiger charge is -2.13. The molecule has 0 bridgehead atoms. The van der Waals surface area contributed by atoms with Gasteiger partial charge in [-0.1, -0.05) is 35.3 Å². The summed E-state index contributed by atoms with van der Waals surface area (Å²) in [6, 6.07) is 18.4. The molecular weight excluding hydrogens is 475 g/mol. The Morgan fingerprint density at radius 3 is 2.55 bits per heavy atom. The number of benzene rings is 3. The molecule has 0 spiro atoms. The van der Waals surface area contributed by atoms with Gasteiger partial charge in [0.25, 0.3) is 5.91 Å². The molecule has 0 aliphatic heterocycles. The van der Waals surface area contributed by atoms with Crippen LogP contribution in [-0.2, 0) is 11.3 Å². The Bertz CT molecular complexity index is 1010. The third-order valence-electron chi connectivity index (χ3n) is 4.23. The van der Waals surface area contributed by atoms with Crippen LogP contribution >= 0.6 is 39.1 Å². The molecule has 3 aromatic carbocycles. The molecule has 3 rings (SSSR count). The second-order valence-corrected chi connectivity index (χ2v) is 8.07. The second-order valence-electron chi connectivity index (χ2n) is 6.37. The Morgan fingerprint density at radius 1 is 1.07 bits per heavy atom. The van der Waals surface area contributed by atoms with E-state index in [-0.39, 0.29) is 12.5 Å². The largest absolute Gasteiger partial charge is 0.483 e. The van der Waals surface area contributed by atoms with Gasteiger partial charge in [0.1, 0.15) is 5.75 Å². The quantitative estimate of drug-likeness (QED) is 0.385.